The monoisotopic (exact) mass is 1370 g/mol. The first-order valence-electron chi connectivity index (χ1n) is 37.4. The SMILES string of the molecule is C[C@@]12CCC[C@@](C)(NS(C)(=O)=O)[C@H]1CC[C@@]13CC4(Oc5cc6c7cc8c(cc7c7cc9c(cc7c6cc5O4)OC4(C[C@]56CC[C@H]7[C@@](C)(CCC[C@@]7(C)NS(C)(=O)=O)[C@@H]5CC[C@@]4(C)C6)O9)OC4(C[C@]56CC[C@H]7[C@@](C)(CCC[C@@]7(C)NS(C)(=O)=O)[C@@H]5CC[C@@]4(C)C6)O8)[C@@](C)(CC[C@H]12)C3. The highest BCUT2D eigenvalue weighted by Gasteiger charge is 2.79. The third kappa shape index (κ3) is 8.01. The van der Waals surface area contributed by atoms with Crippen molar-refractivity contribution in [3.63, 3.8) is 0 Å². The molecule has 4 aromatic carbocycles. The standard InChI is InChI=1S/C78H105N3O12S3/c1-64-28-16-61-67(4)22-13-25-70(7,79-94(10,82)83)58(67)19-31-73(61,40-64)43-76(64)88-52-34-46-47(35-53(52)89-76)49-37-55-57(93-78(91-55)45-75-33-21-60-69(6,63(75)18-30-66(78,3)42-75)24-15-27-72(60,9)81-96(12,86)87)39-51(49)50-38-56-54(36-48(46)50)90-77(92-56)44-74-32-20-59-68(5,62(74)17-29-65(77,2)41-74)23-14-26-71(59,8)80-95(11,84)85/h34-39,58-63,79-81H,13-33,40-45H2,1-12H3/t58-,59-,60-,61-,62-,63-,64-,65-,66-,67+,68+,69+,70+,71+,72+,73+,74+,75+,76?,77?,78?/m0/s1. The molecule has 0 amide bonds. The smallest absolute Gasteiger partial charge is 0.257 e. The molecule has 12 saturated carbocycles. The molecule has 3 aliphatic heterocycles. The Morgan fingerprint density at radius 1 is 0.302 bits per heavy atom. The molecule has 0 aromatic heterocycles. The largest absolute Gasteiger partial charge is 0.448 e. The lowest BCUT2D eigenvalue weighted by atomic mass is 9.42. The van der Waals surface area contributed by atoms with Gasteiger partial charge < -0.3 is 28.4 Å². The zero-order chi connectivity index (χ0) is 67.1. The molecule has 18 atom stereocenters. The van der Waals surface area contributed by atoms with Crippen LogP contribution in [0.5, 0.6) is 34.5 Å². The van der Waals surface area contributed by atoms with E-state index < -0.39 is 64.0 Å². The summed E-state index contributed by atoms with van der Waals surface area (Å²) in [6.45, 7) is 21.3. The van der Waals surface area contributed by atoms with Gasteiger partial charge in [0.2, 0.25) is 30.1 Å². The van der Waals surface area contributed by atoms with Gasteiger partial charge >= 0.3 is 0 Å². The normalized spacial score (nSPS) is 49.6. The van der Waals surface area contributed by atoms with Crippen molar-refractivity contribution in [1.82, 2.24) is 14.2 Å². The lowest BCUT2D eigenvalue weighted by Gasteiger charge is -2.64. The Labute approximate surface area is 570 Å². The first-order chi connectivity index (χ1) is 44.7. The van der Waals surface area contributed by atoms with Crippen LogP contribution < -0.4 is 42.6 Å². The molecule has 6 bridgehead atoms. The van der Waals surface area contributed by atoms with Crippen LogP contribution in [0.1, 0.15) is 236 Å². The number of hydrogen-bond donors (Lipinski definition) is 3. The molecule has 522 valence electrons. The zero-order valence-corrected chi connectivity index (χ0v) is 61.6. The predicted octanol–water partition coefficient (Wildman–Crippen LogP) is 15.9. The van der Waals surface area contributed by atoms with Crippen LogP contribution in [0.25, 0.3) is 32.3 Å². The fraction of sp³-hybridized carbons (Fsp3) is 0.769. The number of sulfonamides is 3. The number of rotatable bonds is 6. The van der Waals surface area contributed by atoms with Crippen molar-refractivity contribution < 1.29 is 53.7 Å². The fourth-order valence-corrected chi connectivity index (χ4v) is 33.7. The van der Waals surface area contributed by atoms with E-state index in [9.17, 15) is 25.3 Å². The summed E-state index contributed by atoms with van der Waals surface area (Å²) in [6, 6.07) is 13.6. The predicted molar refractivity (Wildman–Crippen MR) is 372 cm³/mol. The van der Waals surface area contributed by atoms with Crippen LogP contribution in [0.3, 0.4) is 0 Å². The molecule has 15 nitrogen and oxygen atoms in total. The first kappa shape index (κ1) is 63.1. The van der Waals surface area contributed by atoms with Crippen molar-refractivity contribution in [2.24, 2.45) is 84.2 Å². The minimum Gasteiger partial charge on any atom is -0.448 e. The summed E-state index contributed by atoms with van der Waals surface area (Å²) in [5.41, 5.74) is -2.35. The topological polar surface area (TPSA) is 194 Å². The summed E-state index contributed by atoms with van der Waals surface area (Å²) in [7, 11) is -10.2. The van der Waals surface area contributed by atoms with E-state index in [-0.39, 0.29) is 66.5 Å². The molecule has 18 heteroatoms. The molecule has 6 spiro atoms. The molecule has 0 radical (unpaired) electrons. The summed E-state index contributed by atoms with van der Waals surface area (Å²) in [5.74, 6) is 3.96. The minimum atomic E-state index is -3.41. The first-order valence-corrected chi connectivity index (χ1v) is 43.1. The van der Waals surface area contributed by atoms with Gasteiger partial charge in [-0.1, -0.05) is 60.8 Å². The van der Waals surface area contributed by atoms with Crippen molar-refractivity contribution in [2.45, 2.75) is 270 Å². The Balaban J connectivity index is 0.710. The average Bonchev–Trinajstić information content (AvgIpc) is 1.50. The lowest BCUT2D eigenvalue weighted by molar-refractivity contribution is -0.155. The van der Waals surface area contributed by atoms with Gasteiger partial charge in [0, 0.05) is 52.1 Å². The van der Waals surface area contributed by atoms with Crippen molar-refractivity contribution in [1.29, 1.82) is 0 Å². The Morgan fingerprint density at radius 2 is 0.521 bits per heavy atom. The second kappa shape index (κ2) is 18.5. The van der Waals surface area contributed by atoms with Gasteiger partial charge in [0.15, 0.2) is 34.5 Å². The summed E-state index contributed by atoms with van der Waals surface area (Å²) in [4.78, 5) is 0. The molecule has 12 aliphatic carbocycles. The summed E-state index contributed by atoms with van der Waals surface area (Å²) in [5, 5.41) is 6.32. The summed E-state index contributed by atoms with van der Waals surface area (Å²) < 4.78 is 134. The van der Waals surface area contributed by atoms with Gasteiger partial charge in [0.05, 0.1) is 18.8 Å². The Hall–Kier alpha value is -3.81. The molecular formula is C78H105N3O12S3. The van der Waals surface area contributed by atoms with Crippen molar-refractivity contribution in [3.8, 4) is 34.5 Å². The second-order valence-electron chi connectivity index (χ2n) is 38.7. The van der Waals surface area contributed by atoms with E-state index >= 15 is 0 Å². The molecular weight excluding hydrogens is 1270 g/mol. The van der Waals surface area contributed by atoms with Crippen molar-refractivity contribution in [3.05, 3.63) is 36.4 Å². The Kier molecular flexibility index (Phi) is 12.2. The van der Waals surface area contributed by atoms with E-state index in [1.165, 1.54) is 18.8 Å². The molecule has 3 heterocycles. The Morgan fingerprint density at radius 3 is 0.740 bits per heavy atom. The van der Waals surface area contributed by atoms with Crippen LogP contribution >= 0.6 is 0 Å². The van der Waals surface area contributed by atoms with Gasteiger partial charge in [-0.15, -0.1) is 0 Å². The molecule has 4 aromatic rings. The molecule has 0 saturated heterocycles. The van der Waals surface area contributed by atoms with Gasteiger partial charge in [0.25, 0.3) is 17.4 Å². The van der Waals surface area contributed by atoms with E-state index in [1.807, 2.05) is 0 Å². The van der Waals surface area contributed by atoms with Crippen molar-refractivity contribution >= 4 is 62.4 Å². The fourth-order valence-electron chi connectivity index (χ4n) is 30.4. The quantitative estimate of drug-likeness (QED) is 0.155. The average molecular weight is 1370 g/mol. The molecule has 3 N–H and O–H groups in total. The lowest BCUT2D eigenvalue weighted by Crippen LogP contribution is -2.64. The summed E-state index contributed by atoms with van der Waals surface area (Å²) >= 11 is 0. The molecule has 0 unspecified atom stereocenters. The number of hydrogen-bond acceptors (Lipinski definition) is 12. The highest BCUT2D eigenvalue weighted by molar-refractivity contribution is 7.89. The van der Waals surface area contributed by atoms with Crippen LogP contribution in [0.4, 0.5) is 0 Å². The van der Waals surface area contributed by atoms with Gasteiger partial charge in [-0.25, -0.2) is 39.4 Å². The highest BCUT2D eigenvalue weighted by atomic mass is 32.2. The molecule has 12 fully saturated rings. The van der Waals surface area contributed by atoms with E-state index in [2.05, 4.69) is 113 Å². The van der Waals surface area contributed by atoms with E-state index in [1.54, 1.807) is 0 Å². The van der Waals surface area contributed by atoms with Gasteiger partial charge in [-0.2, -0.15) is 0 Å². The third-order valence-electron chi connectivity index (χ3n) is 33.0. The third-order valence-corrected chi connectivity index (χ3v) is 35.6. The second-order valence-corrected chi connectivity index (χ2v) is 44.0. The number of nitrogens with one attached hydrogen (secondary N) is 3. The van der Waals surface area contributed by atoms with Gasteiger partial charge in [-0.05, 0) is 292 Å². The van der Waals surface area contributed by atoms with Crippen LogP contribution in [0, 0.1) is 84.2 Å². The maximum absolute atomic E-state index is 13.0. The van der Waals surface area contributed by atoms with Crippen LogP contribution in [0.2, 0.25) is 0 Å². The Bertz CT molecular complexity index is 3950. The van der Waals surface area contributed by atoms with Crippen LogP contribution in [-0.2, 0) is 30.1 Å². The van der Waals surface area contributed by atoms with E-state index in [4.69, 9.17) is 28.4 Å². The number of ether oxygens (including phenoxy) is 6. The van der Waals surface area contributed by atoms with Gasteiger partial charge in [0.1, 0.15) is 0 Å². The molecule has 96 heavy (non-hydrogen) atoms. The van der Waals surface area contributed by atoms with Crippen molar-refractivity contribution in [2.75, 3.05) is 18.8 Å². The molecule has 19 rings (SSSR count). The molecule has 15 aliphatic rings. The minimum absolute atomic E-state index is 0.0132. The maximum atomic E-state index is 13.0. The van der Waals surface area contributed by atoms with Gasteiger partial charge in [-0.3, -0.25) is 0 Å². The number of fused-ring (bicyclic) bond motifs is 21. The van der Waals surface area contributed by atoms with E-state index in [0.29, 0.717) is 17.8 Å². The maximum Gasteiger partial charge on any atom is 0.257 e. The zero-order valence-electron chi connectivity index (χ0n) is 59.1. The van der Waals surface area contributed by atoms with E-state index in [0.717, 1.165) is 240 Å². The van der Waals surface area contributed by atoms with Crippen LogP contribution in [-0.4, -0.2) is 78.0 Å². The summed E-state index contributed by atoms with van der Waals surface area (Å²) in [6.07, 6.45) is 30.3. The highest BCUT2D eigenvalue weighted by Crippen LogP contribution is 2.81. The number of benzene rings is 4. The van der Waals surface area contributed by atoms with Crippen LogP contribution in [0.15, 0.2) is 36.4 Å².